The summed E-state index contributed by atoms with van der Waals surface area (Å²) < 4.78 is 67.0. The Hall–Kier alpha value is -3.21. The predicted octanol–water partition coefficient (Wildman–Crippen LogP) is 13.8. The zero-order chi connectivity index (χ0) is 45.0. The van der Waals surface area contributed by atoms with Gasteiger partial charge in [-0.3, -0.25) is 13.6 Å². The molecule has 2 fully saturated rings. The first-order valence-corrected chi connectivity index (χ1v) is 25.5. The van der Waals surface area contributed by atoms with Crippen LogP contribution >= 0.6 is 7.82 Å². The van der Waals surface area contributed by atoms with Crippen LogP contribution in [-0.4, -0.2) is 43.9 Å². The number of rotatable bonds is 28. The first kappa shape index (κ1) is 50.2. The Kier molecular flexibility index (Phi) is 21.0. The minimum absolute atomic E-state index is 0.0233. The minimum Gasteiger partial charge on any atom is -0.368 e. The highest BCUT2D eigenvalue weighted by atomic mass is 31.2. The first-order chi connectivity index (χ1) is 31.1. The number of fused-ring (bicyclic) bond motifs is 1. The monoisotopic (exact) mass is 899 g/mol. The summed E-state index contributed by atoms with van der Waals surface area (Å²) in [6, 6.07) is 39.3. The zero-order valence-corrected chi connectivity index (χ0v) is 39.9. The molecule has 0 radical (unpaired) electrons. The van der Waals surface area contributed by atoms with Crippen molar-refractivity contribution in [2.24, 2.45) is 23.7 Å². The lowest BCUT2D eigenvalue weighted by molar-refractivity contribution is -0.363. The molecule has 2 saturated heterocycles. The van der Waals surface area contributed by atoms with Crippen LogP contribution in [0.1, 0.15) is 127 Å². The van der Waals surface area contributed by atoms with Crippen LogP contribution in [0.15, 0.2) is 121 Å². The van der Waals surface area contributed by atoms with Gasteiger partial charge in [0.2, 0.25) is 0 Å². The van der Waals surface area contributed by atoms with E-state index < -0.39 is 44.8 Å². The number of ether oxygens (including phenoxy) is 5. The SMILES string of the molecule is CC(C)CCCC(C)CCCC(C)CCCC(C)CCOP(=O)(OCc1ccccc1)O[C@@H]1O[C@@H]2COC(c3ccccc3)O[C@H]2[C@H](OCc2ccccc2)[C@@H]1OCc1ccccc1. The number of benzene rings is 4. The summed E-state index contributed by atoms with van der Waals surface area (Å²) in [5, 5.41) is 0. The van der Waals surface area contributed by atoms with Crippen LogP contribution in [-0.2, 0) is 61.6 Å². The largest absolute Gasteiger partial charge is 0.477 e. The van der Waals surface area contributed by atoms with Gasteiger partial charge in [0, 0.05) is 5.56 Å². The average Bonchev–Trinajstić information content (AvgIpc) is 3.30. The molecule has 2 aliphatic heterocycles. The molecule has 0 saturated carbocycles. The first-order valence-electron chi connectivity index (χ1n) is 24.0. The molecule has 0 amide bonds. The maximum Gasteiger partial charge on any atom is 0.477 e. The Morgan fingerprint density at radius 2 is 1.02 bits per heavy atom. The van der Waals surface area contributed by atoms with Gasteiger partial charge in [0.15, 0.2) is 12.6 Å². The molecule has 5 unspecified atom stereocenters. The molecule has 4 aromatic rings. The molecular weight excluding hydrogens is 824 g/mol. The molecule has 9 nitrogen and oxygen atoms in total. The molecule has 350 valence electrons. The van der Waals surface area contributed by atoms with Crippen LogP contribution in [0, 0.1) is 23.7 Å². The lowest BCUT2D eigenvalue weighted by Crippen LogP contribution is -2.63. The van der Waals surface area contributed by atoms with Gasteiger partial charge in [-0.2, -0.15) is 0 Å². The normalized spacial score (nSPS) is 23.5. The third kappa shape index (κ3) is 16.9. The Balaban J connectivity index is 1.13. The van der Waals surface area contributed by atoms with Gasteiger partial charge >= 0.3 is 7.82 Å². The van der Waals surface area contributed by atoms with E-state index in [-0.39, 0.29) is 33.0 Å². The van der Waals surface area contributed by atoms with Gasteiger partial charge in [-0.1, -0.05) is 214 Å². The van der Waals surface area contributed by atoms with Crippen molar-refractivity contribution in [3.05, 3.63) is 144 Å². The summed E-state index contributed by atoms with van der Waals surface area (Å²) in [5.41, 5.74) is 3.65. The fourth-order valence-electron chi connectivity index (χ4n) is 8.57. The highest BCUT2D eigenvalue weighted by Crippen LogP contribution is 2.54. The number of phosphoric acid groups is 1. The molecular formula is C54H75O9P. The maximum atomic E-state index is 15.0. The summed E-state index contributed by atoms with van der Waals surface area (Å²) in [7, 11) is -4.27. The van der Waals surface area contributed by atoms with E-state index in [2.05, 4.69) is 34.6 Å². The summed E-state index contributed by atoms with van der Waals surface area (Å²) in [5.74, 6) is 2.69. The topological polar surface area (TPSA) is 90.9 Å². The van der Waals surface area contributed by atoms with Crippen molar-refractivity contribution in [3.63, 3.8) is 0 Å². The highest BCUT2D eigenvalue weighted by molar-refractivity contribution is 7.48. The molecule has 0 aliphatic carbocycles. The second kappa shape index (κ2) is 26.8. The lowest BCUT2D eigenvalue weighted by atomic mass is 9.91. The van der Waals surface area contributed by atoms with Crippen LogP contribution in [0.2, 0.25) is 0 Å². The second-order valence-corrected chi connectivity index (χ2v) is 20.3. The molecule has 64 heavy (non-hydrogen) atoms. The van der Waals surface area contributed by atoms with E-state index >= 15 is 0 Å². The molecule has 10 heteroatoms. The quantitative estimate of drug-likeness (QED) is 0.0517. The van der Waals surface area contributed by atoms with Crippen molar-refractivity contribution in [1.82, 2.24) is 0 Å². The van der Waals surface area contributed by atoms with E-state index in [9.17, 15) is 4.57 Å². The van der Waals surface area contributed by atoms with Crippen LogP contribution in [0.3, 0.4) is 0 Å². The number of phosphoric ester groups is 1. The number of hydrogen-bond donors (Lipinski definition) is 0. The third-order valence-electron chi connectivity index (χ3n) is 12.5. The van der Waals surface area contributed by atoms with Crippen molar-refractivity contribution in [2.75, 3.05) is 13.2 Å². The summed E-state index contributed by atoms with van der Waals surface area (Å²) in [6.45, 7) is 12.6. The van der Waals surface area contributed by atoms with Crippen LogP contribution in [0.25, 0.3) is 0 Å². The minimum atomic E-state index is -4.27. The van der Waals surface area contributed by atoms with Gasteiger partial charge in [-0.25, -0.2) is 4.57 Å². The van der Waals surface area contributed by atoms with E-state index in [1.165, 1.54) is 44.9 Å². The van der Waals surface area contributed by atoms with Crippen LogP contribution < -0.4 is 0 Å². The van der Waals surface area contributed by atoms with Crippen molar-refractivity contribution >= 4 is 7.82 Å². The second-order valence-electron chi connectivity index (χ2n) is 18.7. The summed E-state index contributed by atoms with van der Waals surface area (Å²) in [4.78, 5) is 0. The van der Waals surface area contributed by atoms with Crippen molar-refractivity contribution in [2.45, 2.75) is 156 Å². The molecule has 2 heterocycles. The lowest BCUT2D eigenvalue weighted by Gasteiger charge is -2.49. The van der Waals surface area contributed by atoms with Gasteiger partial charge in [-0.05, 0) is 46.8 Å². The number of hydrogen-bond acceptors (Lipinski definition) is 9. The van der Waals surface area contributed by atoms with Gasteiger partial charge in [0.1, 0.15) is 24.4 Å². The molecule has 0 N–H and O–H groups in total. The Morgan fingerprint density at radius 1 is 0.547 bits per heavy atom. The Morgan fingerprint density at radius 3 is 1.55 bits per heavy atom. The molecule has 2 aliphatic rings. The summed E-state index contributed by atoms with van der Waals surface area (Å²) in [6.07, 6.45) is 7.40. The molecule has 0 aromatic heterocycles. The van der Waals surface area contributed by atoms with Crippen LogP contribution in [0.5, 0.6) is 0 Å². The fourth-order valence-corrected chi connectivity index (χ4v) is 9.82. The maximum absolute atomic E-state index is 15.0. The smallest absolute Gasteiger partial charge is 0.368 e. The average molecular weight is 899 g/mol. The van der Waals surface area contributed by atoms with Gasteiger partial charge < -0.3 is 23.7 Å². The van der Waals surface area contributed by atoms with E-state index in [1.807, 2.05) is 121 Å². The highest BCUT2D eigenvalue weighted by Gasteiger charge is 2.54. The van der Waals surface area contributed by atoms with Crippen molar-refractivity contribution < 1.29 is 41.8 Å². The molecule has 10 atom stereocenters. The molecule has 0 spiro atoms. The van der Waals surface area contributed by atoms with Gasteiger partial charge in [0.25, 0.3) is 0 Å². The molecule has 0 bridgehead atoms. The van der Waals surface area contributed by atoms with Gasteiger partial charge in [-0.15, -0.1) is 0 Å². The summed E-state index contributed by atoms with van der Waals surface area (Å²) >= 11 is 0. The van der Waals surface area contributed by atoms with E-state index in [4.69, 9.17) is 37.3 Å². The Bertz CT molecular complexity index is 1880. The van der Waals surface area contributed by atoms with Gasteiger partial charge in [0.05, 0.1) is 33.0 Å². The molecule has 6 rings (SSSR count). The van der Waals surface area contributed by atoms with E-state index in [0.717, 1.165) is 46.9 Å². The fraction of sp³-hybridized carbons (Fsp3) is 0.556. The van der Waals surface area contributed by atoms with E-state index in [1.54, 1.807) is 0 Å². The van der Waals surface area contributed by atoms with E-state index in [0.29, 0.717) is 18.3 Å². The predicted molar refractivity (Wildman–Crippen MR) is 253 cm³/mol. The Labute approximate surface area is 384 Å². The van der Waals surface area contributed by atoms with Crippen molar-refractivity contribution in [1.29, 1.82) is 0 Å². The molecule has 4 aromatic carbocycles. The standard InChI is InChI=1S/C54H75O9P/c1-41(2)21-18-22-42(3)23-19-24-43(4)25-20-26-44(5)35-36-59-64(55,60-39-47-31-14-8-15-32-47)63-54-52(57-38-46-29-12-7-13-30-46)51(56-37-45-27-10-6-11-28-45)50-49(61-54)40-58-53(62-50)48-33-16-9-17-34-48/h6-17,27-34,41-44,49-54H,18-26,35-40H2,1-5H3/t42?,43?,44?,49-,50-,51+,52+,53?,54+,64?/m1/s1. The third-order valence-corrected chi connectivity index (χ3v) is 13.9. The van der Waals surface area contributed by atoms with Crippen LogP contribution in [0.4, 0.5) is 0 Å². The zero-order valence-electron chi connectivity index (χ0n) is 39.0. The van der Waals surface area contributed by atoms with Crippen molar-refractivity contribution in [3.8, 4) is 0 Å².